The first-order chi connectivity index (χ1) is 6.24. The SMILES string of the molecule is CNC(C)CSc1ccccc1Br. The molecule has 0 radical (unpaired) electrons. The second kappa shape index (κ2) is 5.68. The summed E-state index contributed by atoms with van der Waals surface area (Å²) in [6.45, 7) is 2.18. The van der Waals surface area contributed by atoms with Crippen molar-refractivity contribution in [1.29, 1.82) is 0 Å². The first kappa shape index (κ1) is 11.1. The molecule has 0 saturated carbocycles. The van der Waals surface area contributed by atoms with Crippen LogP contribution in [0, 0.1) is 0 Å². The third-order valence-corrected chi connectivity index (χ3v) is 4.11. The Hall–Kier alpha value is 0.01000. The van der Waals surface area contributed by atoms with Gasteiger partial charge in [0.2, 0.25) is 0 Å². The minimum absolute atomic E-state index is 0.553. The second-order valence-electron chi connectivity index (χ2n) is 2.93. The highest BCUT2D eigenvalue weighted by molar-refractivity contribution is 9.10. The minimum atomic E-state index is 0.553. The number of halogens is 1. The highest BCUT2D eigenvalue weighted by atomic mass is 79.9. The number of benzene rings is 1. The third-order valence-electron chi connectivity index (χ3n) is 1.82. The van der Waals surface area contributed by atoms with Gasteiger partial charge in [0.25, 0.3) is 0 Å². The molecule has 1 aromatic carbocycles. The molecule has 1 rings (SSSR count). The van der Waals surface area contributed by atoms with Crippen molar-refractivity contribution in [3.8, 4) is 0 Å². The molecule has 72 valence electrons. The molecular weight excluding hydrogens is 246 g/mol. The molecule has 1 aromatic rings. The quantitative estimate of drug-likeness (QED) is 0.835. The predicted octanol–water partition coefficient (Wildman–Crippen LogP) is 3.15. The van der Waals surface area contributed by atoms with Gasteiger partial charge in [-0.2, -0.15) is 0 Å². The van der Waals surface area contributed by atoms with Crippen molar-refractivity contribution in [3.05, 3.63) is 28.7 Å². The van der Waals surface area contributed by atoms with Gasteiger partial charge in [-0.05, 0) is 42.0 Å². The Kier molecular flexibility index (Phi) is 4.84. The lowest BCUT2D eigenvalue weighted by Crippen LogP contribution is -2.23. The third kappa shape index (κ3) is 3.71. The van der Waals surface area contributed by atoms with Gasteiger partial charge in [0.1, 0.15) is 0 Å². The summed E-state index contributed by atoms with van der Waals surface area (Å²) in [4.78, 5) is 1.31. The molecule has 1 N–H and O–H groups in total. The number of rotatable bonds is 4. The maximum absolute atomic E-state index is 3.53. The molecule has 13 heavy (non-hydrogen) atoms. The van der Waals surface area contributed by atoms with E-state index in [4.69, 9.17) is 0 Å². The van der Waals surface area contributed by atoms with Crippen molar-refractivity contribution in [2.45, 2.75) is 17.9 Å². The van der Waals surface area contributed by atoms with E-state index in [2.05, 4.69) is 46.4 Å². The molecule has 0 aliphatic rings. The van der Waals surface area contributed by atoms with Crippen molar-refractivity contribution in [2.24, 2.45) is 0 Å². The molecule has 0 heterocycles. The molecule has 0 aromatic heterocycles. The Morgan fingerprint density at radius 3 is 2.77 bits per heavy atom. The number of hydrogen-bond donors (Lipinski definition) is 1. The Bertz CT molecular complexity index is 265. The zero-order valence-electron chi connectivity index (χ0n) is 7.88. The van der Waals surface area contributed by atoms with Gasteiger partial charge in [-0.3, -0.25) is 0 Å². The summed E-state index contributed by atoms with van der Waals surface area (Å²) in [6.07, 6.45) is 0. The summed E-state index contributed by atoms with van der Waals surface area (Å²) in [6, 6.07) is 8.87. The lowest BCUT2D eigenvalue weighted by atomic mass is 10.4. The fraction of sp³-hybridized carbons (Fsp3) is 0.400. The van der Waals surface area contributed by atoms with Gasteiger partial charge in [0.05, 0.1) is 0 Å². The van der Waals surface area contributed by atoms with Gasteiger partial charge in [-0.25, -0.2) is 0 Å². The smallest absolute Gasteiger partial charge is 0.0311 e. The molecule has 0 bridgehead atoms. The number of hydrogen-bond acceptors (Lipinski definition) is 2. The number of nitrogens with one attached hydrogen (secondary N) is 1. The van der Waals surface area contributed by atoms with Gasteiger partial charge >= 0.3 is 0 Å². The van der Waals surface area contributed by atoms with E-state index >= 15 is 0 Å². The maximum Gasteiger partial charge on any atom is 0.0311 e. The molecular formula is C10H14BrNS. The minimum Gasteiger partial charge on any atom is -0.316 e. The first-order valence-electron chi connectivity index (χ1n) is 4.28. The summed E-state index contributed by atoms with van der Waals surface area (Å²) in [5.74, 6) is 1.10. The summed E-state index contributed by atoms with van der Waals surface area (Å²) >= 11 is 5.40. The van der Waals surface area contributed by atoms with Gasteiger partial charge in [-0.15, -0.1) is 11.8 Å². The van der Waals surface area contributed by atoms with Crippen LogP contribution in [0.15, 0.2) is 33.6 Å². The van der Waals surface area contributed by atoms with Crippen LogP contribution in [0.25, 0.3) is 0 Å². The predicted molar refractivity (Wildman–Crippen MR) is 63.4 cm³/mol. The average molecular weight is 260 g/mol. The van der Waals surface area contributed by atoms with E-state index in [0.29, 0.717) is 6.04 Å². The Morgan fingerprint density at radius 2 is 2.15 bits per heavy atom. The van der Waals surface area contributed by atoms with Crippen molar-refractivity contribution in [1.82, 2.24) is 5.32 Å². The van der Waals surface area contributed by atoms with Gasteiger partial charge < -0.3 is 5.32 Å². The summed E-state index contributed by atoms with van der Waals surface area (Å²) in [7, 11) is 1.99. The molecule has 0 amide bonds. The Morgan fingerprint density at radius 1 is 1.46 bits per heavy atom. The van der Waals surface area contributed by atoms with Crippen molar-refractivity contribution < 1.29 is 0 Å². The van der Waals surface area contributed by atoms with Crippen molar-refractivity contribution in [3.63, 3.8) is 0 Å². The van der Waals surface area contributed by atoms with Crippen molar-refractivity contribution >= 4 is 27.7 Å². The van der Waals surface area contributed by atoms with Gasteiger partial charge in [0.15, 0.2) is 0 Å². The van der Waals surface area contributed by atoms with Crippen LogP contribution in [0.4, 0.5) is 0 Å². The van der Waals surface area contributed by atoms with Crippen LogP contribution in [-0.4, -0.2) is 18.8 Å². The van der Waals surface area contributed by atoms with Gasteiger partial charge in [0, 0.05) is 21.2 Å². The van der Waals surface area contributed by atoms with Gasteiger partial charge in [-0.1, -0.05) is 12.1 Å². The number of thioether (sulfide) groups is 1. The van der Waals surface area contributed by atoms with E-state index < -0.39 is 0 Å². The zero-order valence-corrected chi connectivity index (χ0v) is 10.3. The maximum atomic E-state index is 3.53. The summed E-state index contributed by atoms with van der Waals surface area (Å²) in [5, 5.41) is 3.22. The van der Waals surface area contributed by atoms with Crippen LogP contribution in [0.3, 0.4) is 0 Å². The molecule has 3 heteroatoms. The average Bonchev–Trinajstić information content (AvgIpc) is 2.16. The largest absolute Gasteiger partial charge is 0.316 e. The lowest BCUT2D eigenvalue weighted by molar-refractivity contribution is 0.677. The summed E-state index contributed by atoms with van der Waals surface area (Å²) < 4.78 is 1.18. The molecule has 0 fully saturated rings. The standard InChI is InChI=1S/C10H14BrNS/c1-8(12-2)7-13-10-6-4-3-5-9(10)11/h3-6,8,12H,7H2,1-2H3. The van der Waals surface area contributed by atoms with E-state index in [9.17, 15) is 0 Å². The zero-order chi connectivity index (χ0) is 9.68. The molecule has 0 saturated heterocycles. The Labute approximate surface area is 92.4 Å². The van der Waals surface area contributed by atoms with Crippen LogP contribution in [0.5, 0.6) is 0 Å². The normalized spacial score (nSPS) is 12.8. The van der Waals surface area contributed by atoms with Crippen molar-refractivity contribution in [2.75, 3.05) is 12.8 Å². The van der Waals surface area contributed by atoms with E-state index in [0.717, 1.165) is 5.75 Å². The Balaban J connectivity index is 2.50. The first-order valence-corrected chi connectivity index (χ1v) is 6.06. The fourth-order valence-corrected chi connectivity index (χ4v) is 2.47. The van der Waals surface area contributed by atoms with Crippen LogP contribution in [0.2, 0.25) is 0 Å². The monoisotopic (exact) mass is 259 g/mol. The topological polar surface area (TPSA) is 12.0 Å². The fourth-order valence-electron chi connectivity index (χ4n) is 0.860. The van der Waals surface area contributed by atoms with E-state index in [1.807, 2.05) is 24.9 Å². The molecule has 1 unspecified atom stereocenters. The molecule has 1 atom stereocenters. The highest BCUT2D eigenvalue weighted by Crippen LogP contribution is 2.27. The van der Waals surface area contributed by atoms with Crippen LogP contribution >= 0.6 is 27.7 Å². The second-order valence-corrected chi connectivity index (χ2v) is 4.85. The molecule has 0 spiro atoms. The van der Waals surface area contributed by atoms with Crippen LogP contribution in [0.1, 0.15) is 6.92 Å². The summed E-state index contributed by atoms with van der Waals surface area (Å²) in [5.41, 5.74) is 0. The molecule has 0 aliphatic carbocycles. The lowest BCUT2D eigenvalue weighted by Gasteiger charge is -2.09. The van der Waals surface area contributed by atoms with E-state index in [-0.39, 0.29) is 0 Å². The molecule has 0 aliphatic heterocycles. The molecule has 1 nitrogen and oxygen atoms in total. The van der Waals surface area contributed by atoms with Crippen LogP contribution in [-0.2, 0) is 0 Å². The van der Waals surface area contributed by atoms with E-state index in [1.54, 1.807) is 0 Å². The van der Waals surface area contributed by atoms with E-state index in [1.165, 1.54) is 9.37 Å². The highest BCUT2D eigenvalue weighted by Gasteiger charge is 2.02. The van der Waals surface area contributed by atoms with Crippen LogP contribution < -0.4 is 5.32 Å².